The van der Waals surface area contributed by atoms with Gasteiger partial charge in [0, 0.05) is 11.3 Å². The van der Waals surface area contributed by atoms with Crippen LogP contribution < -0.4 is 5.43 Å². The first-order chi connectivity index (χ1) is 7.29. The molecule has 94 valence electrons. The van der Waals surface area contributed by atoms with Gasteiger partial charge in [-0.15, -0.1) is 0 Å². The van der Waals surface area contributed by atoms with Gasteiger partial charge in [0.1, 0.15) is 0 Å². The van der Waals surface area contributed by atoms with Gasteiger partial charge in [0.05, 0.1) is 0 Å². The average Bonchev–Trinajstić information content (AvgIpc) is 2.13. The molecule has 0 spiro atoms. The van der Waals surface area contributed by atoms with Crippen molar-refractivity contribution in [3.8, 4) is 0 Å². The second-order valence-corrected chi connectivity index (χ2v) is 6.97. The lowest BCUT2D eigenvalue weighted by Gasteiger charge is -2.32. The maximum atomic E-state index is 4.61. The molecule has 0 aromatic carbocycles. The molecule has 0 aromatic rings. The molecule has 0 aromatic heterocycles. The van der Waals surface area contributed by atoms with Crippen molar-refractivity contribution in [2.75, 3.05) is 0 Å². The van der Waals surface area contributed by atoms with Crippen LogP contribution in [-0.4, -0.2) is 11.3 Å². The highest BCUT2D eigenvalue weighted by Crippen LogP contribution is 2.27. The van der Waals surface area contributed by atoms with Crippen LogP contribution in [0.5, 0.6) is 0 Å². The second kappa shape index (κ2) is 5.20. The normalized spacial score (nSPS) is 18.4. The molecule has 1 fully saturated rings. The fourth-order valence-corrected chi connectivity index (χ4v) is 2.67. The van der Waals surface area contributed by atoms with Crippen molar-refractivity contribution in [1.29, 1.82) is 0 Å². The minimum atomic E-state index is 0.0999. The van der Waals surface area contributed by atoms with Gasteiger partial charge in [-0.2, -0.15) is 5.10 Å². The van der Waals surface area contributed by atoms with Crippen molar-refractivity contribution in [3.05, 3.63) is 0 Å². The maximum absolute atomic E-state index is 4.61. The van der Waals surface area contributed by atoms with Crippen LogP contribution in [0.4, 0.5) is 0 Å². The van der Waals surface area contributed by atoms with Gasteiger partial charge in [0.2, 0.25) is 0 Å². The van der Waals surface area contributed by atoms with E-state index in [1.165, 1.54) is 37.8 Å². The third-order valence-electron chi connectivity index (χ3n) is 2.92. The lowest BCUT2D eigenvalue weighted by Crippen LogP contribution is -2.39. The molecule has 2 nitrogen and oxygen atoms in total. The highest BCUT2D eigenvalue weighted by atomic mass is 15.3. The van der Waals surface area contributed by atoms with E-state index in [-0.39, 0.29) is 5.54 Å². The largest absolute Gasteiger partial charge is 0.305 e. The quantitative estimate of drug-likeness (QED) is 0.717. The lowest BCUT2D eigenvalue weighted by molar-refractivity contribution is 0.245. The summed E-state index contributed by atoms with van der Waals surface area (Å²) in [6, 6.07) is 0. The Balaban J connectivity index is 2.45. The number of hydrazone groups is 1. The minimum Gasteiger partial charge on any atom is -0.305 e. The average molecular weight is 224 g/mol. The van der Waals surface area contributed by atoms with Crippen LogP contribution in [-0.2, 0) is 0 Å². The summed E-state index contributed by atoms with van der Waals surface area (Å²) in [6.45, 7) is 11.3. The topological polar surface area (TPSA) is 24.4 Å². The molecule has 0 atom stereocenters. The molecule has 1 saturated carbocycles. The fourth-order valence-electron chi connectivity index (χ4n) is 2.67. The summed E-state index contributed by atoms with van der Waals surface area (Å²) in [5, 5.41) is 4.61. The zero-order chi connectivity index (χ0) is 12.2. The third kappa shape index (κ3) is 5.53. The number of nitrogens with zero attached hydrogens (tertiary/aromatic N) is 1. The van der Waals surface area contributed by atoms with Crippen LogP contribution >= 0.6 is 0 Å². The zero-order valence-electron chi connectivity index (χ0n) is 11.7. The van der Waals surface area contributed by atoms with Crippen molar-refractivity contribution in [2.45, 2.75) is 78.7 Å². The van der Waals surface area contributed by atoms with E-state index in [1.807, 2.05) is 0 Å². The van der Waals surface area contributed by atoms with E-state index >= 15 is 0 Å². The molecule has 16 heavy (non-hydrogen) atoms. The Morgan fingerprint density at radius 2 is 1.56 bits per heavy atom. The van der Waals surface area contributed by atoms with E-state index in [1.54, 1.807) is 0 Å². The van der Waals surface area contributed by atoms with E-state index in [9.17, 15) is 0 Å². The van der Waals surface area contributed by atoms with E-state index < -0.39 is 0 Å². The Labute approximate surface area is 101 Å². The smallest absolute Gasteiger partial charge is 0.0497 e. The van der Waals surface area contributed by atoms with Gasteiger partial charge in [0.25, 0.3) is 0 Å². The molecule has 0 saturated heterocycles. The predicted octanol–water partition coefficient (Wildman–Crippen LogP) is 4.11. The van der Waals surface area contributed by atoms with Gasteiger partial charge in [0.15, 0.2) is 0 Å². The fraction of sp³-hybridized carbons (Fsp3) is 0.929. The van der Waals surface area contributed by atoms with Gasteiger partial charge < -0.3 is 5.43 Å². The molecule has 1 aliphatic carbocycles. The molecular formula is C14H28N2. The summed E-state index contributed by atoms with van der Waals surface area (Å²) < 4.78 is 0. The van der Waals surface area contributed by atoms with Crippen LogP contribution in [0.15, 0.2) is 5.10 Å². The standard InChI is InChI=1S/C14H28N2/c1-13(2,3)11-14(4,5)16-15-12-9-7-6-8-10-12/h16H,6-11H2,1-5H3. The van der Waals surface area contributed by atoms with Crippen LogP contribution in [0.25, 0.3) is 0 Å². The van der Waals surface area contributed by atoms with Crippen LogP contribution in [0.3, 0.4) is 0 Å². The van der Waals surface area contributed by atoms with E-state index in [2.05, 4.69) is 45.1 Å². The van der Waals surface area contributed by atoms with Crippen molar-refractivity contribution in [3.63, 3.8) is 0 Å². The predicted molar refractivity (Wildman–Crippen MR) is 71.8 cm³/mol. The molecule has 0 heterocycles. The Morgan fingerprint density at radius 3 is 2.06 bits per heavy atom. The van der Waals surface area contributed by atoms with Crippen molar-refractivity contribution in [2.24, 2.45) is 10.5 Å². The Kier molecular flexibility index (Phi) is 4.40. The van der Waals surface area contributed by atoms with E-state index in [0.717, 1.165) is 6.42 Å². The third-order valence-corrected chi connectivity index (χ3v) is 2.92. The monoisotopic (exact) mass is 224 g/mol. The van der Waals surface area contributed by atoms with Gasteiger partial charge in [-0.3, -0.25) is 0 Å². The lowest BCUT2D eigenvalue weighted by atomic mass is 9.82. The Morgan fingerprint density at radius 1 is 1.00 bits per heavy atom. The molecule has 2 heteroatoms. The number of hydrogen-bond donors (Lipinski definition) is 1. The first-order valence-corrected chi connectivity index (χ1v) is 6.61. The number of nitrogens with one attached hydrogen (secondary N) is 1. The van der Waals surface area contributed by atoms with E-state index in [0.29, 0.717) is 5.41 Å². The van der Waals surface area contributed by atoms with Crippen molar-refractivity contribution in [1.82, 2.24) is 5.43 Å². The summed E-state index contributed by atoms with van der Waals surface area (Å²) in [6.07, 6.45) is 7.54. The summed E-state index contributed by atoms with van der Waals surface area (Å²) in [4.78, 5) is 0. The van der Waals surface area contributed by atoms with Gasteiger partial charge >= 0.3 is 0 Å². The molecule has 1 N–H and O–H groups in total. The Bertz CT molecular complexity index is 238. The SMILES string of the molecule is CC(C)(C)CC(C)(C)NN=C1CCCCC1. The van der Waals surface area contributed by atoms with Gasteiger partial charge in [-0.1, -0.05) is 27.2 Å². The number of rotatable bonds is 3. The van der Waals surface area contributed by atoms with Crippen molar-refractivity contribution >= 4 is 5.71 Å². The highest BCUT2D eigenvalue weighted by Gasteiger charge is 2.25. The Hall–Kier alpha value is -0.530. The van der Waals surface area contributed by atoms with E-state index in [4.69, 9.17) is 0 Å². The molecule has 0 radical (unpaired) electrons. The zero-order valence-corrected chi connectivity index (χ0v) is 11.7. The molecule has 0 unspecified atom stereocenters. The first-order valence-electron chi connectivity index (χ1n) is 6.61. The molecule has 0 bridgehead atoms. The van der Waals surface area contributed by atoms with Gasteiger partial charge in [-0.25, -0.2) is 0 Å². The second-order valence-electron chi connectivity index (χ2n) is 6.97. The van der Waals surface area contributed by atoms with Gasteiger partial charge in [-0.05, 0) is 51.4 Å². The van der Waals surface area contributed by atoms with Crippen LogP contribution in [0.2, 0.25) is 0 Å². The first kappa shape index (κ1) is 13.5. The minimum absolute atomic E-state index is 0.0999. The highest BCUT2D eigenvalue weighted by molar-refractivity contribution is 5.84. The molecule has 0 aliphatic heterocycles. The summed E-state index contributed by atoms with van der Waals surface area (Å²) in [7, 11) is 0. The summed E-state index contributed by atoms with van der Waals surface area (Å²) in [5.74, 6) is 0. The molecule has 1 aliphatic rings. The van der Waals surface area contributed by atoms with Crippen LogP contribution in [0, 0.1) is 5.41 Å². The maximum Gasteiger partial charge on any atom is 0.0497 e. The molecule has 0 amide bonds. The summed E-state index contributed by atoms with van der Waals surface area (Å²) in [5.41, 5.74) is 5.19. The van der Waals surface area contributed by atoms with Crippen molar-refractivity contribution < 1.29 is 0 Å². The number of hydrogen-bond acceptors (Lipinski definition) is 2. The summed E-state index contributed by atoms with van der Waals surface area (Å²) >= 11 is 0. The molecular weight excluding hydrogens is 196 g/mol. The van der Waals surface area contributed by atoms with Crippen LogP contribution in [0.1, 0.15) is 73.1 Å². The molecule has 1 rings (SSSR count).